The number of hydrogen-bond donors (Lipinski definition) is 0. The maximum Gasteiger partial charge on any atom is 0.497 e. The number of hydrogen-bond acceptors (Lipinski definition) is 1. The van der Waals surface area contributed by atoms with Crippen molar-refractivity contribution < 1.29 is 4.57 Å². The first-order valence-corrected chi connectivity index (χ1v) is 5.36. The molecule has 0 radical (unpaired) electrons. The molecule has 1 aromatic rings. The molecule has 76 valence electrons. The molecule has 0 spiro atoms. The zero-order valence-electron chi connectivity index (χ0n) is 8.65. The van der Waals surface area contributed by atoms with E-state index in [1.807, 2.05) is 30.1 Å². The summed E-state index contributed by atoms with van der Waals surface area (Å²) in [4.78, 5) is 11.8. The topological polar surface area (TPSA) is 25.9 Å². The van der Waals surface area contributed by atoms with Crippen molar-refractivity contribution in [1.29, 1.82) is 0 Å². The summed E-state index contributed by atoms with van der Waals surface area (Å²) in [7, 11) is 1.81. The fourth-order valence-corrected chi connectivity index (χ4v) is 2.21. The average molecular weight is 193 g/mol. The summed E-state index contributed by atoms with van der Waals surface area (Å²) in [6.07, 6.45) is 9.88. The van der Waals surface area contributed by atoms with Gasteiger partial charge in [-0.3, -0.25) is 0 Å². The predicted molar refractivity (Wildman–Crippen MR) is 54.0 cm³/mol. The van der Waals surface area contributed by atoms with Crippen molar-refractivity contribution in [2.24, 2.45) is 7.05 Å². The van der Waals surface area contributed by atoms with Gasteiger partial charge in [0.15, 0.2) is 0 Å². The van der Waals surface area contributed by atoms with Gasteiger partial charge in [-0.2, -0.15) is 9.36 Å². The minimum Gasteiger partial charge on any atom is -0.201 e. The Morgan fingerprint density at radius 1 is 1.36 bits per heavy atom. The molecular formula is C11H17N2O+. The molecule has 1 heterocycles. The molecule has 0 atom stereocenters. The SMILES string of the molecule is C[n+]1cccn(C2CCCCC2)c1=O. The second-order valence-corrected chi connectivity index (χ2v) is 4.08. The largest absolute Gasteiger partial charge is 0.497 e. The number of aromatic nitrogens is 2. The van der Waals surface area contributed by atoms with E-state index in [0.717, 1.165) is 12.8 Å². The van der Waals surface area contributed by atoms with Crippen LogP contribution in [0, 0.1) is 0 Å². The first-order chi connectivity index (χ1) is 6.79. The van der Waals surface area contributed by atoms with Gasteiger partial charge in [0.2, 0.25) is 0 Å². The minimum atomic E-state index is 0.111. The standard InChI is InChI=1S/C11H17N2O/c1-12-8-5-9-13(11(12)14)10-6-3-2-4-7-10/h5,8-10H,2-4,6-7H2,1H3/q+1. The van der Waals surface area contributed by atoms with Crippen molar-refractivity contribution in [3.8, 4) is 0 Å². The molecule has 14 heavy (non-hydrogen) atoms. The molecule has 1 aromatic heterocycles. The molecule has 0 amide bonds. The first kappa shape index (κ1) is 9.44. The van der Waals surface area contributed by atoms with Crippen LogP contribution in [0.25, 0.3) is 0 Å². The second-order valence-electron chi connectivity index (χ2n) is 4.08. The Bertz CT molecular complexity index is 364. The Labute approximate surface area is 84.0 Å². The summed E-state index contributed by atoms with van der Waals surface area (Å²) in [6.45, 7) is 0. The number of rotatable bonds is 1. The summed E-state index contributed by atoms with van der Waals surface area (Å²) >= 11 is 0. The molecule has 3 heteroatoms. The molecule has 0 N–H and O–H groups in total. The van der Waals surface area contributed by atoms with Crippen molar-refractivity contribution >= 4 is 0 Å². The van der Waals surface area contributed by atoms with Gasteiger partial charge in [0.1, 0.15) is 6.04 Å². The van der Waals surface area contributed by atoms with Crippen molar-refractivity contribution in [3.05, 3.63) is 28.9 Å². The minimum absolute atomic E-state index is 0.111. The van der Waals surface area contributed by atoms with Crippen LogP contribution in [0.15, 0.2) is 23.3 Å². The first-order valence-electron chi connectivity index (χ1n) is 5.36. The van der Waals surface area contributed by atoms with Crippen LogP contribution in [0.1, 0.15) is 38.1 Å². The monoisotopic (exact) mass is 193 g/mol. The van der Waals surface area contributed by atoms with Gasteiger partial charge < -0.3 is 0 Å². The predicted octanol–water partition coefficient (Wildman–Crippen LogP) is 1.18. The van der Waals surface area contributed by atoms with Gasteiger partial charge in [0.25, 0.3) is 0 Å². The molecular weight excluding hydrogens is 176 g/mol. The van der Waals surface area contributed by atoms with Crippen molar-refractivity contribution in [1.82, 2.24) is 4.57 Å². The molecule has 1 saturated carbocycles. The maximum atomic E-state index is 11.8. The molecule has 0 bridgehead atoms. The average Bonchev–Trinajstić information content (AvgIpc) is 2.23. The van der Waals surface area contributed by atoms with Gasteiger partial charge in [0.05, 0.1) is 19.4 Å². The van der Waals surface area contributed by atoms with E-state index in [4.69, 9.17) is 0 Å². The van der Waals surface area contributed by atoms with Crippen LogP contribution >= 0.6 is 0 Å². The van der Waals surface area contributed by atoms with Gasteiger partial charge in [-0.1, -0.05) is 6.42 Å². The third-order valence-corrected chi connectivity index (χ3v) is 3.05. The Morgan fingerprint density at radius 3 is 2.79 bits per heavy atom. The second kappa shape index (κ2) is 3.95. The van der Waals surface area contributed by atoms with Crippen molar-refractivity contribution in [2.75, 3.05) is 0 Å². The Balaban J connectivity index is 2.31. The fourth-order valence-electron chi connectivity index (χ4n) is 2.21. The summed E-state index contributed by atoms with van der Waals surface area (Å²) in [5.41, 5.74) is 0.111. The zero-order valence-corrected chi connectivity index (χ0v) is 8.65. The molecule has 3 nitrogen and oxygen atoms in total. The highest BCUT2D eigenvalue weighted by atomic mass is 16.1. The fraction of sp³-hybridized carbons (Fsp3) is 0.636. The van der Waals surface area contributed by atoms with Gasteiger partial charge in [-0.05, 0) is 25.7 Å². The molecule has 1 aliphatic rings. The van der Waals surface area contributed by atoms with E-state index in [1.54, 1.807) is 4.57 Å². The van der Waals surface area contributed by atoms with Crippen LogP contribution in [0.2, 0.25) is 0 Å². The van der Waals surface area contributed by atoms with E-state index < -0.39 is 0 Å². The highest BCUT2D eigenvalue weighted by Crippen LogP contribution is 2.26. The molecule has 2 rings (SSSR count). The van der Waals surface area contributed by atoms with E-state index in [9.17, 15) is 4.79 Å². The molecule has 1 aliphatic carbocycles. The lowest BCUT2D eigenvalue weighted by Crippen LogP contribution is -2.51. The summed E-state index contributed by atoms with van der Waals surface area (Å²) < 4.78 is 3.54. The van der Waals surface area contributed by atoms with Gasteiger partial charge in [0, 0.05) is 6.07 Å². The van der Waals surface area contributed by atoms with Crippen LogP contribution in [0.4, 0.5) is 0 Å². The van der Waals surface area contributed by atoms with E-state index in [0.29, 0.717) is 6.04 Å². The molecule has 0 aromatic carbocycles. The lowest BCUT2D eigenvalue weighted by Gasteiger charge is -2.18. The zero-order chi connectivity index (χ0) is 9.97. The summed E-state index contributed by atoms with van der Waals surface area (Å²) in [5, 5.41) is 0. The molecule has 1 fully saturated rings. The number of aryl methyl sites for hydroxylation is 1. The maximum absolute atomic E-state index is 11.8. The highest BCUT2D eigenvalue weighted by Gasteiger charge is 2.21. The van der Waals surface area contributed by atoms with Crippen LogP contribution in [-0.4, -0.2) is 4.57 Å². The molecule has 0 saturated heterocycles. The Kier molecular flexibility index (Phi) is 2.66. The van der Waals surface area contributed by atoms with E-state index >= 15 is 0 Å². The normalized spacial score (nSPS) is 18.4. The third-order valence-electron chi connectivity index (χ3n) is 3.05. The molecule has 0 unspecified atom stereocenters. The van der Waals surface area contributed by atoms with E-state index in [2.05, 4.69) is 0 Å². The van der Waals surface area contributed by atoms with Gasteiger partial charge in [-0.25, -0.2) is 4.57 Å². The van der Waals surface area contributed by atoms with Gasteiger partial charge in [-0.15, -0.1) is 0 Å². The quantitative estimate of drug-likeness (QED) is 0.615. The molecule has 0 aliphatic heterocycles. The van der Waals surface area contributed by atoms with Crippen LogP contribution in [-0.2, 0) is 7.05 Å². The lowest BCUT2D eigenvalue weighted by molar-refractivity contribution is -0.691. The Hall–Kier alpha value is -1.12. The van der Waals surface area contributed by atoms with E-state index in [1.165, 1.54) is 19.3 Å². The number of nitrogens with zero attached hydrogens (tertiary/aromatic N) is 2. The Morgan fingerprint density at radius 2 is 2.07 bits per heavy atom. The van der Waals surface area contributed by atoms with E-state index in [-0.39, 0.29) is 5.69 Å². The van der Waals surface area contributed by atoms with Crippen molar-refractivity contribution in [2.45, 2.75) is 38.1 Å². The third kappa shape index (κ3) is 1.72. The summed E-state index contributed by atoms with van der Waals surface area (Å²) in [6, 6.07) is 2.37. The van der Waals surface area contributed by atoms with Crippen LogP contribution in [0.5, 0.6) is 0 Å². The van der Waals surface area contributed by atoms with Crippen LogP contribution < -0.4 is 10.3 Å². The lowest BCUT2D eigenvalue weighted by atomic mass is 9.95. The summed E-state index contributed by atoms with van der Waals surface area (Å²) in [5.74, 6) is 0. The van der Waals surface area contributed by atoms with Gasteiger partial charge >= 0.3 is 5.69 Å². The smallest absolute Gasteiger partial charge is 0.201 e. The van der Waals surface area contributed by atoms with Crippen molar-refractivity contribution in [3.63, 3.8) is 0 Å². The van der Waals surface area contributed by atoms with Crippen LogP contribution in [0.3, 0.4) is 0 Å². The highest BCUT2D eigenvalue weighted by molar-refractivity contribution is 4.81.